The Morgan fingerprint density at radius 1 is 1.13 bits per heavy atom. The second-order valence-corrected chi connectivity index (χ2v) is 5.58. The summed E-state index contributed by atoms with van der Waals surface area (Å²) in [5.74, 6) is 1.56. The fourth-order valence-electron chi connectivity index (χ4n) is 2.22. The molecule has 0 unspecified atom stereocenters. The molecule has 0 spiro atoms. The molecule has 0 bridgehead atoms. The number of anilines is 4. The summed E-state index contributed by atoms with van der Waals surface area (Å²) in [6.07, 6.45) is 5.32. The van der Waals surface area contributed by atoms with Crippen molar-refractivity contribution in [3.63, 3.8) is 0 Å². The van der Waals surface area contributed by atoms with Crippen molar-refractivity contribution in [2.24, 2.45) is 0 Å². The van der Waals surface area contributed by atoms with Crippen LogP contribution in [0.25, 0.3) is 0 Å². The van der Waals surface area contributed by atoms with Crippen molar-refractivity contribution < 1.29 is 0 Å². The van der Waals surface area contributed by atoms with Crippen LogP contribution in [0.4, 0.5) is 23.0 Å². The van der Waals surface area contributed by atoms with Gasteiger partial charge in [-0.1, -0.05) is 18.2 Å². The standard InChI is InChI=1S/C17H20N6/c1-13(2)23-11-14(10-20-23)21-16-9-17(19-12-18-16)22(3)15-7-5-4-6-8-15/h4-13H,1-3H3,(H,18,19,21). The average Bonchev–Trinajstić information content (AvgIpc) is 3.04. The lowest BCUT2D eigenvalue weighted by Crippen LogP contribution is -2.11. The van der Waals surface area contributed by atoms with Gasteiger partial charge in [-0.2, -0.15) is 5.10 Å². The van der Waals surface area contributed by atoms with Crippen LogP contribution in [0, 0.1) is 0 Å². The minimum absolute atomic E-state index is 0.329. The number of nitrogens with one attached hydrogen (secondary N) is 1. The van der Waals surface area contributed by atoms with Crippen LogP contribution in [0.3, 0.4) is 0 Å². The highest BCUT2D eigenvalue weighted by molar-refractivity contribution is 5.63. The molecule has 1 N–H and O–H groups in total. The molecule has 23 heavy (non-hydrogen) atoms. The minimum Gasteiger partial charge on any atom is -0.338 e. The largest absolute Gasteiger partial charge is 0.338 e. The highest BCUT2D eigenvalue weighted by Crippen LogP contribution is 2.23. The fraction of sp³-hybridized carbons (Fsp3) is 0.235. The Balaban J connectivity index is 1.79. The lowest BCUT2D eigenvalue weighted by Gasteiger charge is -2.18. The molecule has 6 nitrogen and oxygen atoms in total. The molecular weight excluding hydrogens is 288 g/mol. The normalized spacial score (nSPS) is 10.8. The first-order valence-corrected chi connectivity index (χ1v) is 7.55. The Labute approximate surface area is 135 Å². The van der Waals surface area contributed by atoms with Gasteiger partial charge in [0.05, 0.1) is 11.9 Å². The number of hydrogen-bond donors (Lipinski definition) is 1. The highest BCUT2D eigenvalue weighted by Gasteiger charge is 2.08. The van der Waals surface area contributed by atoms with Crippen molar-refractivity contribution in [2.75, 3.05) is 17.3 Å². The third kappa shape index (κ3) is 3.48. The predicted octanol–water partition coefficient (Wildman–Crippen LogP) is 3.77. The second kappa shape index (κ2) is 6.48. The molecule has 0 aliphatic rings. The molecule has 1 aromatic carbocycles. The van der Waals surface area contributed by atoms with E-state index in [1.54, 1.807) is 12.5 Å². The number of para-hydroxylation sites is 1. The predicted molar refractivity (Wildman–Crippen MR) is 92.4 cm³/mol. The Bertz CT molecular complexity index is 766. The van der Waals surface area contributed by atoms with Crippen LogP contribution in [0.15, 0.2) is 55.1 Å². The van der Waals surface area contributed by atoms with Gasteiger partial charge in [-0.05, 0) is 26.0 Å². The van der Waals surface area contributed by atoms with Gasteiger partial charge in [-0.3, -0.25) is 4.68 Å². The van der Waals surface area contributed by atoms with Crippen molar-refractivity contribution in [1.29, 1.82) is 0 Å². The Kier molecular flexibility index (Phi) is 4.23. The number of hydrogen-bond acceptors (Lipinski definition) is 5. The van der Waals surface area contributed by atoms with E-state index in [9.17, 15) is 0 Å². The summed E-state index contributed by atoms with van der Waals surface area (Å²) in [6, 6.07) is 12.3. The van der Waals surface area contributed by atoms with E-state index in [-0.39, 0.29) is 0 Å². The first-order chi connectivity index (χ1) is 11.1. The van der Waals surface area contributed by atoms with Gasteiger partial charge in [-0.25, -0.2) is 9.97 Å². The smallest absolute Gasteiger partial charge is 0.138 e. The summed E-state index contributed by atoms with van der Waals surface area (Å²) in [5, 5.41) is 7.58. The molecule has 0 radical (unpaired) electrons. The molecule has 118 valence electrons. The molecule has 0 aliphatic heterocycles. The topological polar surface area (TPSA) is 58.9 Å². The molecule has 3 aromatic rings. The zero-order valence-electron chi connectivity index (χ0n) is 13.5. The average molecular weight is 308 g/mol. The molecule has 0 aliphatic carbocycles. The zero-order chi connectivity index (χ0) is 16.2. The minimum atomic E-state index is 0.329. The van der Waals surface area contributed by atoms with Crippen LogP contribution < -0.4 is 10.2 Å². The van der Waals surface area contributed by atoms with E-state index >= 15 is 0 Å². The summed E-state index contributed by atoms with van der Waals surface area (Å²) in [6.45, 7) is 4.18. The molecule has 0 saturated carbocycles. The van der Waals surface area contributed by atoms with Crippen LogP contribution in [0.5, 0.6) is 0 Å². The number of benzene rings is 1. The Morgan fingerprint density at radius 2 is 1.91 bits per heavy atom. The molecule has 2 heterocycles. The summed E-state index contributed by atoms with van der Waals surface area (Å²) in [5.41, 5.74) is 1.98. The molecule has 0 saturated heterocycles. The second-order valence-electron chi connectivity index (χ2n) is 5.58. The van der Waals surface area contributed by atoms with E-state index in [0.717, 1.165) is 23.0 Å². The monoisotopic (exact) mass is 308 g/mol. The quantitative estimate of drug-likeness (QED) is 0.777. The summed E-state index contributed by atoms with van der Waals surface area (Å²) >= 11 is 0. The zero-order valence-corrected chi connectivity index (χ0v) is 13.5. The maximum atomic E-state index is 4.34. The van der Waals surface area contributed by atoms with Crippen molar-refractivity contribution in [3.05, 3.63) is 55.1 Å². The molecule has 0 fully saturated rings. The first-order valence-electron chi connectivity index (χ1n) is 7.55. The van der Waals surface area contributed by atoms with Crippen LogP contribution in [-0.4, -0.2) is 26.8 Å². The third-order valence-corrected chi connectivity index (χ3v) is 3.54. The van der Waals surface area contributed by atoms with Gasteiger partial charge in [0, 0.05) is 31.0 Å². The van der Waals surface area contributed by atoms with Gasteiger partial charge >= 0.3 is 0 Å². The molecule has 2 aromatic heterocycles. The van der Waals surface area contributed by atoms with E-state index in [2.05, 4.69) is 34.2 Å². The van der Waals surface area contributed by atoms with Gasteiger partial charge < -0.3 is 10.2 Å². The fourth-order valence-corrected chi connectivity index (χ4v) is 2.22. The molecule has 0 amide bonds. The van der Waals surface area contributed by atoms with E-state index in [0.29, 0.717) is 6.04 Å². The van der Waals surface area contributed by atoms with Gasteiger partial charge in [0.15, 0.2) is 0 Å². The van der Waals surface area contributed by atoms with E-state index in [1.165, 1.54) is 0 Å². The molecular formula is C17H20N6. The maximum absolute atomic E-state index is 4.34. The van der Waals surface area contributed by atoms with Gasteiger partial charge in [-0.15, -0.1) is 0 Å². The Hall–Kier alpha value is -2.89. The van der Waals surface area contributed by atoms with Crippen molar-refractivity contribution in [1.82, 2.24) is 19.7 Å². The van der Waals surface area contributed by atoms with E-state index in [4.69, 9.17) is 0 Å². The van der Waals surface area contributed by atoms with Crippen molar-refractivity contribution in [3.8, 4) is 0 Å². The lowest BCUT2D eigenvalue weighted by molar-refractivity contribution is 0.532. The summed E-state index contributed by atoms with van der Waals surface area (Å²) in [4.78, 5) is 10.6. The van der Waals surface area contributed by atoms with E-state index < -0.39 is 0 Å². The summed E-state index contributed by atoms with van der Waals surface area (Å²) < 4.78 is 1.90. The highest BCUT2D eigenvalue weighted by atomic mass is 15.3. The van der Waals surface area contributed by atoms with Crippen LogP contribution in [0.1, 0.15) is 19.9 Å². The SMILES string of the molecule is CC(C)n1cc(Nc2cc(N(C)c3ccccc3)ncn2)cn1. The van der Waals surface area contributed by atoms with Crippen molar-refractivity contribution in [2.45, 2.75) is 19.9 Å². The first kappa shape index (κ1) is 15.0. The van der Waals surface area contributed by atoms with Crippen LogP contribution in [-0.2, 0) is 0 Å². The third-order valence-electron chi connectivity index (χ3n) is 3.54. The Morgan fingerprint density at radius 3 is 2.61 bits per heavy atom. The number of aromatic nitrogens is 4. The number of rotatable bonds is 5. The summed E-state index contributed by atoms with van der Waals surface area (Å²) in [7, 11) is 1.98. The van der Waals surface area contributed by atoms with Gasteiger partial charge in [0.2, 0.25) is 0 Å². The maximum Gasteiger partial charge on any atom is 0.138 e. The number of nitrogens with zero attached hydrogens (tertiary/aromatic N) is 5. The van der Waals surface area contributed by atoms with Crippen LogP contribution >= 0.6 is 0 Å². The molecule has 0 atom stereocenters. The van der Waals surface area contributed by atoms with E-state index in [1.807, 2.05) is 59.2 Å². The van der Waals surface area contributed by atoms with Gasteiger partial charge in [0.1, 0.15) is 18.0 Å². The van der Waals surface area contributed by atoms with Crippen molar-refractivity contribution >= 4 is 23.0 Å². The van der Waals surface area contributed by atoms with Crippen LogP contribution in [0.2, 0.25) is 0 Å². The molecule has 6 heteroatoms. The molecule has 3 rings (SSSR count). The van der Waals surface area contributed by atoms with Gasteiger partial charge in [0.25, 0.3) is 0 Å². The lowest BCUT2D eigenvalue weighted by atomic mass is 10.3.